The molecule has 2 aromatic carbocycles. The SMILES string of the molecule is CC(NC(=O)c1ccccc1NC(=O)c1ccccc1)C(=O)N1CCOCC1. The van der Waals surface area contributed by atoms with Gasteiger partial charge in [-0.25, -0.2) is 0 Å². The minimum absolute atomic E-state index is 0.151. The van der Waals surface area contributed by atoms with Gasteiger partial charge >= 0.3 is 0 Å². The minimum atomic E-state index is -0.677. The third kappa shape index (κ3) is 4.75. The van der Waals surface area contributed by atoms with E-state index in [4.69, 9.17) is 4.74 Å². The predicted octanol–water partition coefficient (Wildman–Crippen LogP) is 1.92. The fraction of sp³-hybridized carbons (Fsp3) is 0.286. The number of para-hydroxylation sites is 1. The maximum absolute atomic E-state index is 12.7. The average molecular weight is 381 g/mol. The quantitative estimate of drug-likeness (QED) is 0.828. The Morgan fingerprint density at radius 3 is 2.29 bits per heavy atom. The Morgan fingerprint density at radius 1 is 0.929 bits per heavy atom. The van der Waals surface area contributed by atoms with Crippen molar-refractivity contribution in [3.8, 4) is 0 Å². The van der Waals surface area contributed by atoms with Crippen LogP contribution in [0.5, 0.6) is 0 Å². The smallest absolute Gasteiger partial charge is 0.255 e. The molecule has 1 atom stereocenters. The predicted molar refractivity (Wildman–Crippen MR) is 105 cm³/mol. The second kappa shape index (κ2) is 9.14. The Hall–Kier alpha value is -3.19. The van der Waals surface area contributed by atoms with Gasteiger partial charge in [-0.05, 0) is 31.2 Å². The number of nitrogens with one attached hydrogen (secondary N) is 2. The second-order valence-corrected chi connectivity index (χ2v) is 6.50. The Balaban J connectivity index is 1.68. The molecule has 7 heteroatoms. The van der Waals surface area contributed by atoms with E-state index < -0.39 is 11.9 Å². The number of carbonyl (C=O) groups excluding carboxylic acids is 3. The number of ether oxygens (including phenoxy) is 1. The molecule has 28 heavy (non-hydrogen) atoms. The van der Waals surface area contributed by atoms with Gasteiger partial charge in [-0.1, -0.05) is 30.3 Å². The normalized spacial score (nSPS) is 14.8. The van der Waals surface area contributed by atoms with Crippen LogP contribution in [0.25, 0.3) is 0 Å². The maximum atomic E-state index is 12.7. The van der Waals surface area contributed by atoms with Gasteiger partial charge in [0.2, 0.25) is 5.91 Å². The molecule has 2 N–H and O–H groups in total. The summed E-state index contributed by atoms with van der Waals surface area (Å²) in [5.74, 6) is -0.876. The van der Waals surface area contributed by atoms with Crippen LogP contribution in [0, 0.1) is 0 Å². The topological polar surface area (TPSA) is 87.7 Å². The molecule has 1 saturated heterocycles. The first-order valence-corrected chi connectivity index (χ1v) is 9.19. The molecule has 1 aliphatic rings. The van der Waals surface area contributed by atoms with E-state index in [2.05, 4.69) is 10.6 Å². The van der Waals surface area contributed by atoms with Crippen LogP contribution in [0.3, 0.4) is 0 Å². The number of amides is 3. The van der Waals surface area contributed by atoms with Gasteiger partial charge in [0.15, 0.2) is 0 Å². The molecule has 1 aliphatic heterocycles. The van der Waals surface area contributed by atoms with Crippen LogP contribution in [-0.4, -0.2) is 55.0 Å². The summed E-state index contributed by atoms with van der Waals surface area (Å²) in [6, 6.07) is 14.8. The highest BCUT2D eigenvalue weighted by molar-refractivity contribution is 6.09. The summed E-state index contributed by atoms with van der Waals surface area (Å²) in [7, 11) is 0. The van der Waals surface area contributed by atoms with Crippen LogP contribution in [0.1, 0.15) is 27.6 Å². The van der Waals surface area contributed by atoms with Crippen LogP contribution < -0.4 is 10.6 Å². The maximum Gasteiger partial charge on any atom is 0.255 e. The third-order valence-electron chi connectivity index (χ3n) is 4.50. The van der Waals surface area contributed by atoms with E-state index >= 15 is 0 Å². The van der Waals surface area contributed by atoms with E-state index in [1.807, 2.05) is 6.07 Å². The number of morpholine rings is 1. The molecule has 7 nitrogen and oxygen atoms in total. The van der Waals surface area contributed by atoms with Gasteiger partial charge in [0.05, 0.1) is 24.5 Å². The number of hydrogen-bond donors (Lipinski definition) is 2. The van der Waals surface area contributed by atoms with E-state index in [9.17, 15) is 14.4 Å². The minimum Gasteiger partial charge on any atom is -0.378 e. The first-order chi connectivity index (χ1) is 13.6. The van der Waals surface area contributed by atoms with Crippen LogP contribution in [0.2, 0.25) is 0 Å². The van der Waals surface area contributed by atoms with Crippen molar-refractivity contribution in [3.05, 3.63) is 65.7 Å². The van der Waals surface area contributed by atoms with Crippen molar-refractivity contribution >= 4 is 23.4 Å². The third-order valence-corrected chi connectivity index (χ3v) is 4.50. The standard InChI is InChI=1S/C21H23N3O4/c1-15(21(27)24-11-13-28-14-12-24)22-20(26)17-9-5-6-10-18(17)23-19(25)16-7-3-2-4-8-16/h2-10,15H,11-14H2,1H3,(H,22,26)(H,23,25). The summed E-state index contributed by atoms with van der Waals surface area (Å²) in [5, 5.41) is 5.49. The molecule has 0 radical (unpaired) electrons. The number of hydrogen-bond acceptors (Lipinski definition) is 4. The van der Waals surface area contributed by atoms with E-state index in [1.54, 1.807) is 60.4 Å². The molecule has 0 aromatic heterocycles. The summed E-state index contributed by atoms with van der Waals surface area (Å²) in [4.78, 5) is 39.3. The van der Waals surface area contributed by atoms with Gasteiger partial charge in [0.25, 0.3) is 11.8 Å². The van der Waals surface area contributed by atoms with E-state index in [-0.39, 0.29) is 11.8 Å². The van der Waals surface area contributed by atoms with Crippen molar-refractivity contribution in [2.75, 3.05) is 31.6 Å². The molecule has 1 fully saturated rings. The number of carbonyl (C=O) groups is 3. The summed E-state index contributed by atoms with van der Waals surface area (Å²) in [6.07, 6.45) is 0. The zero-order valence-corrected chi connectivity index (χ0v) is 15.7. The van der Waals surface area contributed by atoms with Gasteiger partial charge in [-0.15, -0.1) is 0 Å². The molecule has 0 saturated carbocycles. The molecule has 2 aromatic rings. The average Bonchev–Trinajstić information content (AvgIpc) is 2.74. The number of rotatable bonds is 5. The Labute approximate surface area is 163 Å². The molecule has 0 aliphatic carbocycles. The monoisotopic (exact) mass is 381 g/mol. The summed E-state index contributed by atoms with van der Waals surface area (Å²) < 4.78 is 5.25. The van der Waals surface area contributed by atoms with Crippen LogP contribution in [0.4, 0.5) is 5.69 Å². The molecule has 3 rings (SSSR count). The van der Waals surface area contributed by atoms with Crippen molar-refractivity contribution < 1.29 is 19.1 Å². The zero-order chi connectivity index (χ0) is 19.9. The Kier molecular flexibility index (Phi) is 6.39. The first-order valence-electron chi connectivity index (χ1n) is 9.19. The number of anilines is 1. The highest BCUT2D eigenvalue weighted by atomic mass is 16.5. The largest absolute Gasteiger partial charge is 0.378 e. The van der Waals surface area contributed by atoms with Gasteiger partial charge in [0.1, 0.15) is 6.04 Å². The lowest BCUT2D eigenvalue weighted by atomic mass is 10.1. The van der Waals surface area contributed by atoms with Crippen molar-refractivity contribution in [1.82, 2.24) is 10.2 Å². The zero-order valence-electron chi connectivity index (χ0n) is 15.7. The molecule has 1 heterocycles. The Morgan fingerprint density at radius 2 is 1.57 bits per heavy atom. The lowest BCUT2D eigenvalue weighted by Crippen LogP contribution is -2.50. The van der Waals surface area contributed by atoms with Gasteiger partial charge in [0, 0.05) is 18.7 Å². The van der Waals surface area contributed by atoms with Crippen molar-refractivity contribution in [2.24, 2.45) is 0 Å². The molecule has 0 bridgehead atoms. The van der Waals surface area contributed by atoms with E-state index in [0.717, 1.165) is 0 Å². The molecule has 146 valence electrons. The lowest BCUT2D eigenvalue weighted by Gasteiger charge is -2.29. The lowest BCUT2D eigenvalue weighted by molar-refractivity contribution is -0.136. The van der Waals surface area contributed by atoms with Crippen molar-refractivity contribution in [3.63, 3.8) is 0 Å². The molecular weight excluding hydrogens is 358 g/mol. The summed E-state index contributed by atoms with van der Waals surface area (Å²) >= 11 is 0. The fourth-order valence-electron chi connectivity index (χ4n) is 2.97. The number of benzene rings is 2. The van der Waals surface area contributed by atoms with Crippen LogP contribution in [0.15, 0.2) is 54.6 Å². The fourth-order valence-corrected chi connectivity index (χ4v) is 2.97. The molecule has 0 spiro atoms. The van der Waals surface area contributed by atoms with Gasteiger partial charge in [-0.3, -0.25) is 14.4 Å². The number of nitrogens with zero attached hydrogens (tertiary/aromatic N) is 1. The van der Waals surface area contributed by atoms with Crippen LogP contribution >= 0.6 is 0 Å². The van der Waals surface area contributed by atoms with Crippen molar-refractivity contribution in [1.29, 1.82) is 0 Å². The van der Waals surface area contributed by atoms with Crippen molar-refractivity contribution in [2.45, 2.75) is 13.0 Å². The molecule has 3 amide bonds. The highest BCUT2D eigenvalue weighted by Crippen LogP contribution is 2.17. The highest BCUT2D eigenvalue weighted by Gasteiger charge is 2.25. The molecular formula is C21H23N3O4. The summed E-state index contributed by atoms with van der Waals surface area (Å²) in [6.45, 7) is 3.69. The summed E-state index contributed by atoms with van der Waals surface area (Å²) in [5.41, 5.74) is 1.18. The second-order valence-electron chi connectivity index (χ2n) is 6.50. The molecule has 1 unspecified atom stereocenters. The van der Waals surface area contributed by atoms with Gasteiger partial charge < -0.3 is 20.3 Å². The Bertz CT molecular complexity index is 848. The first kappa shape index (κ1) is 19.6. The van der Waals surface area contributed by atoms with Gasteiger partial charge in [-0.2, -0.15) is 0 Å². The van der Waals surface area contributed by atoms with E-state index in [0.29, 0.717) is 43.1 Å². The van der Waals surface area contributed by atoms with Crippen LogP contribution in [-0.2, 0) is 9.53 Å². The van der Waals surface area contributed by atoms with E-state index in [1.165, 1.54) is 0 Å².